The average molecular weight is 530 g/mol. The van der Waals surface area contributed by atoms with Gasteiger partial charge in [-0.25, -0.2) is 9.37 Å². The second-order valence-electron chi connectivity index (χ2n) is 9.68. The minimum Gasteiger partial charge on any atom is -0.349 e. The van der Waals surface area contributed by atoms with E-state index in [1.54, 1.807) is 22.8 Å². The molecule has 38 heavy (non-hydrogen) atoms. The third-order valence-electron chi connectivity index (χ3n) is 6.83. The van der Waals surface area contributed by atoms with Crippen molar-refractivity contribution in [3.8, 4) is 0 Å². The second-order valence-corrected chi connectivity index (χ2v) is 10.6. The smallest absolute Gasteiger partial charge is 0.262 e. The number of rotatable bonds is 8. The van der Waals surface area contributed by atoms with Gasteiger partial charge in [-0.1, -0.05) is 54.4 Å². The van der Waals surface area contributed by atoms with Crippen molar-refractivity contribution in [2.45, 2.75) is 50.4 Å². The van der Waals surface area contributed by atoms with Gasteiger partial charge < -0.3 is 5.32 Å². The molecule has 0 radical (unpaired) electrons. The molecule has 1 aliphatic carbocycles. The highest BCUT2D eigenvalue weighted by molar-refractivity contribution is 7.99. The number of benzene rings is 3. The molecule has 1 aromatic heterocycles. The number of halogens is 1. The van der Waals surface area contributed by atoms with Gasteiger partial charge in [-0.05, 0) is 67.8 Å². The Morgan fingerprint density at radius 2 is 1.68 bits per heavy atom. The summed E-state index contributed by atoms with van der Waals surface area (Å²) in [6.45, 7) is 2.29. The lowest BCUT2D eigenvalue weighted by Gasteiger charge is -2.15. The summed E-state index contributed by atoms with van der Waals surface area (Å²) in [4.78, 5) is 44.0. The Balaban J connectivity index is 1.48. The maximum atomic E-state index is 13.6. The van der Waals surface area contributed by atoms with Crippen molar-refractivity contribution in [3.63, 3.8) is 0 Å². The molecule has 3 aromatic carbocycles. The quantitative estimate of drug-likeness (QED) is 0.184. The van der Waals surface area contributed by atoms with Gasteiger partial charge in [-0.15, -0.1) is 0 Å². The van der Waals surface area contributed by atoms with Crippen LogP contribution in [0.25, 0.3) is 10.9 Å². The van der Waals surface area contributed by atoms with Gasteiger partial charge in [0.05, 0.1) is 23.2 Å². The number of thioether (sulfide) groups is 1. The van der Waals surface area contributed by atoms with E-state index in [0.29, 0.717) is 33.7 Å². The van der Waals surface area contributed by atoms with Gasteiger partial charge in [0.1, 0.15) is 5.82 Å². The van der Waals surface area contributed by atoms with Crippen LogP contribution in [0.5, 0.6) is 0 Å². The molecular formula is C30H28FN3O3S. The van der Waals surface area contributed by atoms with Gasteiger partial charge in [0.15, 0.2) is 10.9 Å². The van der Waals surface area contributed by atoms with E-state index in [9.17, 15) is 18.8 Å². The fourth-order valence-corrected chi connectivity index (χ4v) is 5.55. The van der Waals surface area contributed by atoms with Crippen molar-refractivity contribution < 1.29 is 14.0 Å². The predicted octanol–water partition coefficient (Wildman–Crippen LogP) is 5.54. The van der Waals surface area contributed by atoms with E-state index in [1.165, 1.54) is 24.3 Å². The van der Waals surface area contributed by atoms with E-state index in [1.807, 2.05) is 31.2 Å². The van der Waals surface area contributed by atoms with Crippen LogP contribution in [0.2, 0.25) is 0 Å². The lowest BCUT2D eigenvalue weighted by molar-refractivity contribution is 0.0937. The summed E-state index contributed by atoms with van der Waals surface area (Å²) in [6, 6.07) is 18.4. The van der Waals surface area contributed by atoms with Crippen molar-refractivity contribution in [2.24, 2.45) is 0 Å². The van der Waals surface area contributed by atoms with Crippen LogP contribution in [0, 0.1) is 12.7 Å². The summed E-state index contributed by atoms with van der Waals surface area (Å²) >= 11 is 1.15. The Kier molecular flexibility index (Phi) is 7.69. The first-order valence-electron chi connectivity index (χ1n) is 12.7. The molecular weight excluding hydrogens is 501 g/mol. The summed E-state index contributed by atoms with van der Waals surface area (Å²) in [6.07, 6.45) is 4.18. The third-order valence-corrected chi connectivity index (χ3v) is 7.81. The van der Waals surface area contributed by atoms with Gasteiger partial charge in [0.2, 0.25) is 0 Å². The van der Waals surface area contributed by atoms with Crippen LogP contribution < -0.4 is 10.9 Å². The molecule has 1 saturated carbocycles. The van der Waals surface area contributed by atoms with Crippen molar-refractivity contribution in [3.05, 3.63) is 105 Å². The summed E-state index contributed by atoms with van der Waals surface area (Å²) in [5.41, 5.74) is 3.05. The number of fused-ring (bicyclic) bond motifs is 1. The number of carbonyl (C=O) groups excluding carboxylic acids is 2. The van der Waals surface area contributed by atoms with Crippen molar-refractivity contribution >= 4 is 34.4 Å². The molecule has 0 spiro atoms. The predicted molar refractivity (Wildman–Crippen MR) is 147 cm³/mol. The van der Waals surface area contributed by atoms with Crippen molar-refractivity contribution in [1.29, 1.82) is 0 Å². The Labute approximate surface area is 224 Å². The molecule has 0 saturated heterocycles. The largest absolute Gasteiger partial charge is 0.349 e. The highest BCUT2D eigenvalue weighted by Gasteiger charge is 2.20. The van der Waals surface area contributed by atoms with Gasteiger partial charge >= 0.3 is 0 Å². The molecule has 1 heterocycles. The Morgan fingerprint density at radius 1 is 1.00 bits per heavy atom. The molecule has 0 bridgehead atoms. The van der Waals surface area contributed by atoms with E-state index in [2.05, 4.69) is 5.32 Å². The topological polar surface area (TPSA) is 81.1 Å². The molecule has 1 fully saturated rings. The number of carbonyl (C=O) groups is 2. The van der Waals surface area contributed by atoms with E-state index in [0.717, 1.165) is 48.6 Å². The molecule has 0 unspecified atom stereocenters. The first-order valence-corrected chi connectivity index (χ1v) is 13.7. The van der Waals surface area contributed by atoms with Crippen LogP contribution in [0.4, 0.5) is 4.39 Å². The van der Waals surface area contributed by atoms with Gasteiger partial charge in [0, 0.05) is 17.2 Å². The average Bonchev–Trinajstić information content (AvgIpc) is 3.43. The minimum atomic E-state index is -0.412. The number of amides is 1. The van der Waals surface area contributed by atoms with Crippen LogP contribution in [0.3, 0.4) is 0 Å². The van der Waals surface area contributed by atoms with Gasteiger partial charge in [0.25, 0.3) is 11.5 Å². The van der Waals surface area contributed by atoms with Crippen LogP contribution in [-0.2, 0) is 6.54 Å². The lowest BCUT2D eigenvalue weighted by Crippen LogP contribution is -2.32. The standard InChI is InChI=1S/C30H28FN3O3S/c1-19-6-8-20(9-7-19)17-34-29(37)25-15-12-22(28(36)32-24-4-2-3-5-24)16-26(25)33-30(34)38-18-27(35)21-10-13-23(31)14-11-21/h6-16,24H,2-5,17-18H2,1H3,(H,32,36). The molecule has 1 amide bonds. The normalized spacial score (nSPS) is 13.6. The van der Waals surface area contributed by atoms with Crippen LogP contribution >= 0.6 is 11.8 Å². The number of ketones is 1. The maximum absolute atomic E-state index is 13.6. The number of hydrogen-bond donors (Lipinski definition) is 1. The summed E-state index contributed by atoms with van der Waals surface area (Å²) < 4.78 is 14.9. The lowest BCUT2D eigenvalue weighted by atomic mass is 10.1. The Bertz CT molecular complexity index is 1540. The zero-order valence-corrected chi connectivity index (χ0v) is 21.9. The number of nitrogens with zero attached hydrogens (tertiary/aromatic N) is 2. The zero-order chi connectivity index (χ0) is 26.6. The molecule has 0 aliphatic heterocycles. The molecule has 5 rings (SSSR count). The zero-order valence-electron chi connectivity index (χ0n) is 21.1. The third kappa shape index (κ3) is 5.86. The molecule has 194 valence electrons. The highest BCUT2D eigenvalue weighted by atomic mass is 32.2. The number of Topliss-reactive ketones (excluding diaryl/α,β-unsaturated/α-hetero) is 1. The second kappa shape index (κ2) is 11.3. The SMILES string of the molecule is Cc1ccc(Cn2c(SCC(=O)c3ccc(F)cc3)nc3cc(C(=O)NC4CCCC4)ccc3c2=O)cc1. The van der Waals surface area contributed by atoms with Crippen LogP contribution in [-0.4, -0.2) is 33.0 Å². The highest BCUT2D eigenvalue weighted by Crippen LogP contribution is 2.22. The Hall–Kier alpha value is -3.78. The number of aromatic nitrogens is 2. The van der Waals surface area contributed by atoms with E-state index in [4.69, 9.17) is 4.98 Å². The fourth-order valence-electron chi connectivity index (χ4n) is 4.66. The van der Waals surface area contributed by atoms with Crippen LogP contribution in [0.15, 0.2) is 76.7 Å². The van der Waals surface area contributed by atoms with E-state index in [-0.39, 0.29) is 29.0 Å². The molecule has 1 aliphatic rings. The summed E-state index contributed by atoms with van der Waals surface area (Å²) in [5, 5.41) is 3.86. The van der Waals surface area contributed by atoms with E-state index < -0.39 is 5.82 Å². The minimum absolute atomic E-state index is 0.0271. The molecule has 1 N–H and O–H groups in total. The number of nitrogens with one attached hydrogen (secondary N) is 1. The number of aryl methyl sites for hydroxylation is 1. The Morgan fingerprint density at radius 3 is 2.39 bits per heavy atom. The number of hydrogen-bond acceptors (Lipinski definition) is 5. The fraction of sp³-hybridized carbons (Fsp3) is 0.267. The first-order chi connectivity index (χ1) is 18.4. The molecule has 6 nitrogen and oxygen atoms in total. The molecule has 8 heteroatoms. The molecule has 4 aromatic rings. The monoisotopic (exact) mass is 529 g/mol. The first kappa shape index (κ1) is 25.9. The van der Waals surface area contributed by atoms with Crippen molar-refractivity contribution in [2.75, 3.05) is 5.75 Å². The summed E-state index contributed by atoms with van der Waals surface area (Å²) in [7, 11) is 0. The van der Waals surface area contributed by atoms with Gasteiger partial charge in [-0.3, -0.25) is 19.0 Å². The summed E-state index contributed by atoms with van der Waals surface area (Å²) in [5.74, 6) is -0.759. The van der Waals surface area contributed by atoms with Gasteiger partial charge in [-0.2, -0.15) is 0 Å². The van der Waals surface area contributed by atoms with E-state index >= 15 is 0 Å². The molecule has 0 atom stereocenters. The van der Waals surface area contributed by atoms with Crippen molar-refractivity contribution in [1.82, 2.24) is 14.9 Å². The van der Waals surface area contributed by atoms with Crippen LogP contribution in [0.1, 0.15) is 57.5 Å². The maximum Gasteiger partial charge on any atom is 0.262 e.